The molecule has 1 N–H and O–H groups in total. The number of amides is 1. The summed E-state index contributed by atoms with van der Waals surface area (Å²) in [5, 5.41) is 3.58. The molecule has 110 valence electrons. The van der Waals surface area contributed by atoms with Crippen molar-refractivity contribution in [3.63, 3.8) is 0 Å². The minimum atomic E-state index is -0.0323. The minimum Gasteiger partial charge on any atom is -0.345 e. The summed E-state index contributed by atoms with van der Waals surface area (Å²) < 4.78 is 0. The highest BCUT2D eigenvalue weighted by molar-refractivity contribution is 5.81. The summed E-state index contributed by atoms with van der Waals surface area (Å²) in [5.74, 6) is 2.13. The van der Waals surface area contributed by atoms with E-state index in [9.17, 15) is 4.79 Å². The Bertz CT molecular complexity index is 305. The van der Waals surface area contributed by atoms with Gasteiger partial charge < -0.3 is 10.2 Å². The molecule has 2 fully saturated rings. The van der Waals surface area contributed by atoms with Crippen LogP contribution in [0.1, 0.15) is 58.8 Å². The van der Waals surface area contributed by atoms with Crippen molar-refractivity contribution in [2.75, 3.05) is 13.6 Å². The van der Waals surface area contributed by atoms with Crippen LogP contribution in [0.4, 0.5) is 0 Å². The molecule has 0 aliphatic heterocycles. The smallest absolute Gasteiger partial charge is 0.239 e. The van der Waals surface area contributed by atoms with Gasteiger partial charge in [0.1, 0.15) is 0 Å². The maximum absolute atomic E-state index is 12.1. The van der Waals surface area contributed by atoms with Crippen LogP contribution in [0.5, 0.6) is 0 Å². The number of fused-ring (bicyclic) bond motifs is 1. The van der Waals surface area contributed by atoms with Crippen LogP contribution in [0.15, 0.2) is 0 Å². The van der Waals surface area contributed by atoms with Gasteiger partial charge in [-0.3, -0.25) is 4.79 Å². The van der Waals surface area contributed by atoms with Gasteiger partial charge in [0.2, 0.25) is 5.91 Å². The second-order valence-electron chi connectivity index (χ2n) is 6.56. The molecule has 0 spiro atoms. The highest BCUT2D eigenvalue weighted by Gasteiger charge is 2.33. The number of hydrogen-bond donors (Lipinski definition) is 1. The highest BCUT2D eigenvalue weighted by atomic mass is 16.2. The third kappa shape index (κ3) is 3.71. The molecule has 2 aliphatic carbocycles. The van der Waals surface area contributed by atoms with Crippen LogP contribution in [0.25, 0.3) is 0 Å². The second kappa shape index (κ2) is 6.74. The molecule has 2 saturated carbocycles. The van der Waals surface area contributed by atoms with Gasteiger partial charge in [0, 0.05) is 19.6 Å². The Labute approximate surface area is 118 Å². The Morgan fingerprint density at radius 1 is 1.21 bits per heavy atom. The van der Waals surface area contributed by atoms with Crippen LogP contribution in [0.2, 0.25) is 0 Å². The molecule has 0 aromatic rings. The Kier molecular flexibility index (Phi) is 5.26. The van der Waals surface area contributed by atoms with Gasteiger partial charge in [0.25, 0.3) is 0 Å². The van der Waals surface area contributed by atoms with Gasteiger partial charge >= 0.3 is 0 Å². The fourth-order valence-electron chi connectivity index (χ4n) is 3.94. The average molecular weight is 266 g/mol. The molecule has 0 bridgehead atoms. The van der Waals surface area contributed by atoms with Crippen molar-refractivity contribution in [1.29, 1.82) is 0 Å². The number of rotatable bonds is 4. The number of likely N-dealkylation sites (N-methyl/N-ethyl adjacent to an activating group) is 1. The number of carbonyl (C=O) groups excluding carboxylic acids is 1. The molecule has 19 heavy (non-hydrogen) atoms. The molecule has 0 aromatic heterocycles. The lowest BCUT2D eigenvalue weighted by Gasteiger charge is -2.40. The molecule has 2 aliphatic rings. The summed E-state index contributed by atoms with van der Waals surface area (Å²) in [7, 11) is 1.89. The van der Waals surface area contributed by atoms with Crippen molar-refractivity contribution in [2.24, 2.45) is 11.8 Å². The summed E-state index contributed by atoms with van der Waals surface area (Å²) in [5.41, 5.74) is 0. The van der Waals surface area contributed by atoms with Crippen molar-refractivity contribution in [3.05, 3.63) is 0 Å². The average Bonchev–Trinajstić information content (AvgIpc) is 2.45. The minimum absolute atomic E-state index is 0.0323. The summed E-state index contributed by atoms with van der Waals surface area (Å²) in [6, 6.07) is 0.527. The summed E-state index contributed by atoms with van der Waals surface area (Å²) in [6.45, 7) is 4.83. The van der Waals surface area contributed by atoms with Gasteiger partial charge in [-0.15, -0.1) is 0 Å². The van der Waals surface area contributed by atoms with Crippen LogP contribution in [-0.4, -0.2) is 36.5 Å². The third-order valence-corrected chi connectivity index (χ3v) is 5.25. The van der Waals surface area contributed by atoms with E-state index >= 15 is 0 Å². The zero-order chi connectivity index (χ0) is 13.8. The highest BCUT2D eigenvalue weighted by Crippen LogP contribution is 2.40. The lowest BCUT2D eigenvalue weighted by molar-refractivity contribution is -0.131. The van der Waals surface area contributed by atoms with E-state index in [1.807, 2.05) is 25.8 Å². The maximum atomic E-state index is 12.1. The van der Waals surface area contributed by atoms with E-state index in [0.29, 0.717) is 6.04 Å². The molecule has 3 nitrogen and oxygen atoms in total. The normalized spacial score (nSPS) is 32.5. The maximum Gasteiger partial charge on any atom is 0.239 e. The van der Waals surface area contributed by atoms with Crippen molar-refractivity contribution in [3.8, 4) is 0 Å². The lowest BCUT2D eigenvalue weighted by atomic mass is 9.69. The predicted molar refractivity (Wildman–Crippen MR) is 79.0 cm³/mol. The Balaban J connectivity index is 1.81. The molecule has 0 heterocycles. The first-order valence-electron chi connectivity index (χ1n) is 8.12. The first-order chi connectivity index (χ1) is 9.11. The molecule has 4 atom stereocenters. The summed E-state index contributed by atoms with van der Waals surface area (Å²) >= 11 is 0. The molecule has 2 rings (SSSR count). The zero-order valence-electron chi connectivity index (χ0n) is 12.8. The van der Waals surface area contributed by atoms with Crippen molar-refractivity contribution < 1.29 is 4.79 Å². The molecule has 0 radical (unpaired) electrons. The standard InChI is InChI=1S/C16H30N2O/c1-4-18(3)16(19)12(2)17-15-10-9-13-7-5-6-8-14(13)11-15/h12-15,17H,4-11H2,1-3H3. The zero-order valence-corrected chi connectivity index (χ0v) is 12.8. The predicted octanol–water partition coefficient (Wildman–Crippen LogP) is 2.80. The summed E-state index contributed by atoms with van der Waals surface area (Å²) in [6.07, 6.45) is 9.64. The Morgan fingerprint density at radius 2 is 1.89 bits per heavy atom. The van der Waals surface area contributed by atoms with Crippen LogP contribution in [0.3, 0.4) is 0 Å². The number of nitrogens with one attached hydrogen (secondary N) is 1. The van der Waals surface area contributed by atoms with Gasteiger partial charge in [0.15, 0.2) is 0 Å². The fraction of sp³-hybridized carbons (Fsp3) is 0.938. The lowest BCUT2D eigenvalue weighted by Crippen LogP contribution is -2.49. The van der Waals surface area contributed by atoms with Crippen LogP contribution in [0, 0.1) is 11.8 Å². The van der Waals surface area contributed by atoms with E-state index in [-0.39, 0.29) is 11.9 Å². The van der Waals surface area contributed by atoms with Crippen molar-refractivity contribution in [2.45, 2.75) is 70.9 Å². The van der Waals surface area contributed by atoms with E-state index in [0.717, 1.165) is 18.4 Å². The first kappa shape index (κ1) is 14.8. The Morgan fingerprint density at radius 3 is 2.58 bits per heavy atom. The molecule has 0 saturated heterocycles. The monoisotopic (exact) mass is 266 g/mol. The van der Waals surface area contributed by atoms with Gasteiger partial charge in [-0.1, -0.05) is 25.7 Å². The molecular formula is C16H30N2O. The van der Waals surface area contributed by atoms with E-state index in [1.54, 1.807) is 0 Å². The number of nitrogens with zero attached hydrogens (tertiary/aromatic N) is 1. The number of hydrogen-bond acceptors (Lipinski definition) is 2. The number of carbonyl (C=O) groups is 1. The largest absolute Gasteiger partial charge is 0.345 e. The fourth-order valence-corrected chi connectivity index (χ4v) is 3.94. The van der Waals surface area contributed by atoms with Gasteiger partial charge in [-0.2, -0.15) is 0 Å². The van der Waals surface area contributed by atoms with E-state index in [4.69, 9.17) is 0 Å². The quantitative estimate of drug-likeness (QED) is 0.848. The van der Waals surface area contributed by atoms with E-state index < -0.39 is 0 Å². The molecule has 0 aromatic carbocycles. The van der Waals surface area contributed by atoms with Gasteiger partial charge in [-0.05, 0) is 44.9 Å². The topological polar surface area (TPSA) is 32.3 Å². The van der Waals surface area contributed by atoms with Crippen LogP contribution in [-0.2, 0) is 4.79 Å². The van der Waals surface area contributed by atoms with Crippen LogP contribution >= 0.6 is 0 Å². The summed E-state index contributed by atoms with van der Waals surface area (Å²) in [4.78, 5) is 13.9. The van der Waals surface area contributed by atoms with Crippen molar-refractivity contribution >= 4 is 5.91 Å². The molecule has 3 heteroatoms. The Hall–Kier alpha value is -0.570. The molecule has 1 amide bonds. The van der Waals surface area contributed by atoms with Gasteiger partial charge in [0.05, 0.1) is 6.04 Å². The first-order valence-corrected chi connectivity index (χ1v) is 8.12. The van der Waals surface area contributed by atoms with E-state index in [2.05, 4.69) is 5.32 Å². The SMILES string of the molecule is CCN(C)C(=O)C(C)NC1CCC2CCCCC2C1. The van der Waals surface area contributed by atoms with Crippen LogP contribution < -0.4 is 5.32 Å². The van der Waals surface area contributed by atoms with Crippen molar-refractivity contribution in [1.82, 2.24) is 10.2 Å². The third-order valence-electron chi connectivity index (χ3n) is 5.25. The second-order valence-corrected chi connectivity index (χ2v) is 6.56. The molecule has 4 unspecified atom stereocenters. The van der Waals surface area contributed by atoms with Gasteiger partial charge in [-0.25, -0.2) is 0 Å². The molecular weight excluding hydrogens is 236 g/mol. The van der Waals surface area contributed by atoms with E-state index in [1.165, 1.54) is 44.9 Å².